The molecule has 0 aliphatic carbocycles. The number of hydrogen-bond donors (Lipinski definition) is 2. The van der Waals surface area contributed by atoms with Crippen molar-refractivity contribution in [1.29, 1.82) is 0 Å². The number of likely N-dealkylation sites (N-methyl/N-ethyl adjacent to an activating group) is 1. The summed E-state index contributed by atoms with van der Waals surface area (Å²) in [5.74, 6) is -1.17. The van der Waals surface area contributed by atoms with Crippen LogP contribution >= 0.6 is 23.4 Å². The molecule has 276 valence electrons. The van der Waals surface area contributed by atoms with Gasteiger partial charge in [0.2, 0.25) is 11.8 Å². The van der Waals surface area contributed by atoms with Gasteiger partial charge in [-0.15, -0.1) is 0 Å². The normalized spacial score (nSPS) is 32.4. The quantitative estimate of drug-likeness (QED) is 0.302. The van der Waals surface area contributed by atoms with E-state index in [9.17, 15) is 24.3 Å². The van der Waals surface area contributed by atoms with Crippen molar-refractivity contribution in [3.05, 3.63) is 52.1 Å². The number of esters is 1. The van der Waals surface area contributed by atoms with E-state index in [-0.39, 0.29) is 31.1 Å². The minimum absolute atomic E-state index is 0.0306. The fraction of sp³-hybridized carbons (Fsp3) is 0.611. The molecule has 3 heterocycles. The van der Waals surface area contributed by atoms with Gasteiger partial charge in [0.05, 0.1) is 23.2 Å². The number of thioether (sulfide) groups is 1. The second-order valence-electron chi connectivity index (χ2n) is 13.8. The SMILES string of the molecule is CO[C@@H]1/C=C/C=C(\C)Cc2cc(C)c(Cl)c(c2)N(C)C(=O)C[C@H](OC(=O)[C@H](C)N(C)C(=O)CCSC)[C@]2(C)O[C@H]2[C@H](C)[C@@H]2C[C@@]1(O)NC(=O)O2. The third-order valence-electron chi connectivity index (χ3n) is 10.0. The van der Waals surface area contributed by atoms with Crippen molar-refractivity contribution >= 4 is 52.9 Å². The first kappa shape index (κ1) is 39.7. The number of allylic oxidation sites excluding steroid dienone is 3. The second kappa shape index (κ2) is 16.1. The van der Waals surface area contributed by atoms with E-state index < -0.39 is 59.8 Å². The Balaban J connectivity index is 1.74. The first-order chi connectivity index (χ1) is 23.4. The third-order valence-corrected chi connectivity index (χ3v) is 11.1. The number of aryl methyl sites for hydroxylation is 1. The summed E-state index contributed by atoms with van der Waals surface area (Å²) in [6.45, 7) is 8.95. The maximum atomic E-state index is 14.0. The lowest BCUT2D eigenvalue weighted by Crippen LogP contribution is -2.63. The molecule has 4 rings (SSSR count). The molecule has 12 nitrogen and oxygen atoms in total. The van der Waals surface area contributed by atoms with Crippen LogP contribution in [-0.2, 0) is 39.8 Å². The number of rotatable bonds is 7. The molecule has 0 aromatic heterocycles. The Morgan fingerprint density at radius 3 is 2.64 bits per heavy atom. The molecule has 14 heteroatoms. The summed E-state index contributed by atoms with van der Waals surface area (Å²) in [6, 6.07) is 2.88. The standard InChI is InChI=1S/C36H50ClN3O9S/c1-20-11-10-12-27(46-8)36(45)19-26(47-34(44)38-36)22(3)32-35(5,49-32)28(48-33(43)23(4)39(6)29(41)13-14-50-9)18-30(42)40(7)25-17-24(15-20)16-21(2)31(25)37/h10-12,16-17,22-23,26-28,32,45H,13-15,18-19H2,1-9H3,(H,38,44)/b12-10+,20-11+/t22-,23+,26+,27-,28+,32+,35+,36+/m1/s1. The summed E-state index contributed by atoms with van der Waals surface area (Å²) in [6.07, 6.45) is 3.47. The molecule has 0 unspecified atom stereocenters. The van der Waals surface area contributed by atoms with Crippen LogP contribution in [0.2, 0.25) is 5.02 Å². The van der Waals surface area contributed by atoms with Gasteiger partial charge < -0.3 is 33.9 Å². The highest BCUT2D eigenvalue weighted by atomic mass is 35.5. The van der Waals surface area contributed by atoms with Crippen molar-refractivity contribution in [1.82, 2.24) is 10.2 Å². The number of carbonyl (C=O) groups is 4. The van der Waals surface area contributed by atoms with E-state index in [1.165, 1.54) is 28.7 Å². The largest absolute Gasteiger partial charge is 0.457 e. The smallest absolute Gasteiger partial charge is 0.409 e. The lowest BCUT2D eigenvalue weighted by molar-refractivity contribution is -0.161. The average molecular weight is 736 g/mol. The van der Waals surface area contributed by atoms with E-state index in [0.29, 0.717) is 22.9 Å². The molecule has 2 fully saturated rings. The first-order valence-corrected chi connectivity index (χ1v) is 18.5. The van der Waals surface area contributed by atoms with Crippen LogP contribution in [0.25, 0.3) is 0 Å². The number of alkyl carbamates (subject to hydrolysis) is 1. The predicted molar refractivity (Wildman–Crippen MR) is 192 cm³/mol. The molecule has 3 amide bonds. The van der Waals surface area contributed by atoms with Gasteiger partial charge in [-0.3, -0.25) is 14.9 Å². The number of epoxide rings is 1. The number of methoxy groups -OCH3 is 1. The number of aliphatic hydroxyl groups is 1. The number of carbonyl (C=O) groups excluding carboxylic acids is 4. The number of anilines is 1. The Labute approximate surface area is 303 Å². The number of fused-ring (bicyclic) bond motifs is 5. The lowest BCUT2D eigenvalue weighted by atomic mass is 9.83. The third kappa shape index (κ3) is 8.67. The maximum Gasteiger partial charge on any atom is 0.409 e. The van der Waals surface area contributed by atoms with E-state index in [4.69, 9.17) is 30.5 Å². The fourth-order valence-electron chi connectivity index (χ4n) is 6.62. The number of benzene rings is 1. The molecular weight excluding hydrogens is 686 g/mol. The molecule has 4 bridgehead atoms. The number of hydrogen-bond acceptors (Lipinski definition) is 10. The molecule has 2 saturated heterocycles. The zero-order valence-corrected chi connectivity index (χ0v) is 31.9. The number of nitrogens with one attached hydrogen (secondary N) is 1. The van der Waals surface area contributed by atoms with Crippen LogP contribution in [-0.4, -0.2) is 109 Å². The van der Waals surface area contributed by atoms with Crippen molar-refractivity contribution in [2.45, 2.75) is 102 Å². The maximum absolute atomic E-state index is 14.0. The second-order valence-corrected chi connectivity index (χ2v) is 15.1. The number of amides is 3. The molecule has 50 heavy (non-hydrogen) atoms. The van der Waals surface area contributed by atoms with Crippen LogP contribution in [0.15, 0.2) is 35.9 Å². The van der Waals surface area contributed by atoms with Gasteiger partial charge in [0.1, 0.15) is 30.0 Å². The van der Waals surface area contributed by atoms with E-state index in [2.05, 4.69) is 5.32 Å². The summed E-state index contributed by atoms with van der Waals surface area (Å²) in [4.78, 5) is 56.0. The van der Waals surface area contributed by atoms with Crippen molar-refractivity contribution in [3.8, 4) is 0 Å². The molecule has 2 N–H and O–H groups in total. The predicted octanol–water partition coefficient (Wildman–Crippen LogP) is 4.57. The van der Waals surface area contributed by atoms with Crippen LogP contribution in [0.5, 0.6) is 0 Å². The van der Waals surface area contributed by atoms with Gasteiger partial charge in [-0.2, -0.15) is 11.8 Å². The summed E-state index contributed by atoms with van der Waals surface area (Å²) >= 11 is 8.28. The molecule has 3 aliphatic heterocycles. The summed E-state index contributed by atoms with van der Waals surface area (Å²) < 4.78 is 23.6. The van der Waals surface area contributed by atoms with Gasteiger partial charge in [-0.05, 0) is 57.6 Å². The molecule has 0 radical (unpaired) electrons. The van der Waals surface area contributed by atoms with Gasteiger partial charge in [0.25, 0.3) is 0 Å². The van der Waals surface area contributed by atoms with Crippen molar-refractivity contribution in [3.63, 3.8) is 0 Å². The van der Waals surface area contributed by atoms with Gasteiger partial charge in [-0.25, -0.2) is 9.59 Å². The summed E-state index contributed by atoms with van der Waals surface area (Å²) in [5.41, 5.74) is 0.216. The molecule has 8 atom stereocenters. The Hall–Kier alpha value is -3.10. The van der Waals surface area contributed by atoms with Crippen molar-refractivity contribution < 1.29 is 43.2 Å². The van der Waals surface area contributed by atoms with Crippen LogP contribution in [0.4, 0.5) is 10.5 Å². The van der Waals surface area contributed by atoms with E-state index in [1.807, 2.05) is 45.2 Å². The van der Waals surface area contributed by atoms with Crippen LogP contribution in [0.1, 0.15) is 58.1 Å². The minimum atomic E-state index is -1.80. The zero-order chi connectivity index (χ0) is 37.1. The Bertz CT molecular complexity index is 1540. The van der Waals surface area contributed by atoms with Crippen LogP contribution < -0.4 is 10.2 Å². The van der Waals surface area contributed by atoms with Crippen molar-refractivity contribution in [2.75, 3.05) is 38.1 Å². The van der Waals surface area contributed by atoms with Crippen LogP contribution in [0.3, 0.4) is 0 Å². The van der Waals surface area contributed by atoms with Gasteiger partial charge in [0, 0.05) is 45.7 Å². The molecule has 0 saturated carbocycles. The minimum Gasteiger partial charge on any atom is -0.457 e. The monoisotopic (exact) mass is 735 g/mol. The topological polar surface area (TPSA) is 147 Å². The summed E-state index contributed by atoms with van der Waals surface area (Å²) in [7, 11) is 4.61. The van der Waals surface area contributed by atoms with Gasteiger partial charge >= 0.3 is 12.1 Å². The van der Waals surface area contributed by atoms with Gasteiger partial charge in [-0.1, -0.05) is 48.4 Å². The molecule has 1 aromatic rings. The average Bonchev–Trinajstić information content (AvgIpc) is 3.76. The van der Waals surface area contributed by atoms with Crippen molar-refractivity contribution in [2.24, 2.45) is 5.92 Å². The number of ether oxygens (including phenoxy) is 4. The first-order valence-electron chi connectivity index (χ1n) is 16.7. The van der Waals surface area contributed by atoms with E-state index in [1.54, 1.807) is 40.1 Å². The molecule has 3 aliphatic rings. The Morgan fingerprint density at radius 1 is 1.28 bits per heavy atom. The lowest BCUT2D eigenvalue weighted by Gasteiger charge is -2.42. The van der Waals surface area contributed by atoms with Gasteiger partial charge in [0.15, 0.2) is 5.72 Å². The Kier molecular flexibility index (Phi) is 12.7. The molecule has 1 aromatic carbocycles. The fourth-order valence-corrected chi connectivity index (χ4v) is 7.24. The van der Waals surface area contributed by atoms with Crippen LogP contribution in [0, 0.1) is 12.8 Å². The highest BCUT2D eigenvalue weighted by Gasteiger charge is 2.64. The highest BCUT2D eigenvalue weighted by molar-refractivity contribution is 7.98. The Morgan fingerprint density at radius 2 is 1.98 bits per heavy atom. The number of nitrogens with zero attached hydrogens (tertiary/aromatic N) is 2. The van der Waals surface area contributed by atoms with E-state index >= 15 is 0 Å². The zero-order valence-electron chi connectivity index (χ0n) is 30.3. The number of halogens is 1. The highest BCUT2D eigenvalue weighted by Crippen LogP contribution is 2.49. The van der Waals surface area contributed by atoms with E-state index in [0.717, 1.165) is 16.7 Å². The molecular formula is C36H50ClN3O9S. The summed E-state index contributed by atoms with van der Waals surface area (Å²) in [5, 5.41) is 14.6. The molecule has 0 spiro atoms.